The minimum Gasteiger partial charge on any atom is -0.324 e. The number of rotatable bonds is 3. The first-order chi connectivity index (χ1) is 8.15. The molecule has 2 aromatic rings. The maximum absolute atomic E-state index is 11.7. The number of amides is 1. The number of halogens is 1. The number of nitrogens with zero attached hydrogens (tertiary/aromatic N) is 4. The summed E-state index contributed by atoms with van der Waals surface area (Å²) in [6.07, 6.45) is 1.40. The van der Waals surface area contributed by atoms with Crippen LogP contribution in [0.15, 0.2) is 24.5 Å². The van der Waals surface area contributed by atoms with Crippen LogP contribution in [0.2, 0.25) is 0 Å². The van der Waals surface area contributed by atoms with Crippen LogP contribution in [0.5, 0.6) is 0 Å². The van der Waals surface area contributed by atoms with Gasteiger partial charge in [-0.1, -0.05) is 0 Å². The molecule has 0 aliphatic heterocycles. The van der Waals surface area contributed by atoms with Gasteiger partial charge in [0.15, 0.2) is 0 Å². The molecule has 0 radical (unpaired) electrons. The Labute approximate surface area is 112 Å². The molecule has 1 aromatic carbocycles. The van der Waals surface area contributed by atoms with Crippen molar-refractivity contribution < 1.29 is 4.79 Å². The zero-order valence-corrected chi connectivity index (χ0v) is 11.2. The van der Waals surface area contributed by atoms with E-state index in [-0.39, 0.29) is 12.5 Å². The second-order valence-electron chi connectivity index (χ2n) is 3.51. The Morgan fingerprint density at radius 1 is 1.53 bits per heavy atom. The number of hydrogen-bond acceptors (Lipinski definition) is 4. The van der Waals surface area contributed by atoms with E-state index >= 15 is 0 Å². The van der Waals surface area contributed by atoms with E-state index in [1.54, 1.807) is 0 Å². The molecule has 1 amide bonds. The molecule has 0 bridgehead atoms. The lowest BCUT2D eigenvalue weighted by Crippen LogP contribution is -2.19. The number of aryl methyl sites for hydroxylation is 1. The molecule has 0 saturated carbocycles. The van der Waals surface area contributed by atoms with Crippen LogP contribution < -0.4 is 5.32 Å². The minimum absolute atomic E-state index is 0.110. The highest BCUT2D eigenvalue weighted by Gasteiger charge is 2.06. The quantitative estimate of drug-likeness (QED) is 0.851. The van der Waals surface area contributed by atoms with Crippen LogP contribution in [-0.4, -0.2) is 26.1 Å². The summed E-state index contributed by atoms with van der Waals surface area (Å²) >= 11 is 2.23. The Hall–Kier alpha value is -1.51. The lowest BCUT2D eigenvalue weighted by atomic mass is 10.2. The van der Waals surface area contributed by atoms with Gasteiger partial charge < -0.3 is 5.32 Å². The van der Waals surface area contributed by atoms with Gasteiger partial charge in [0.1, 0.15) is 12.9 Å². The van der Waals surface area contributed by atoms with Crippen LogP contribution in [0.1, 0.15) is 5.56 Å². The van der Waals surface area contributed by atoms with E-state index in [0.29, 0.717) is 0 Å². The Balaban J connectivity index is 2.03. The number of hydrogen-bond donors (Lipinski definition) is 1. The van der Waals surface area contributed by atoms with Crippen LogP contribution in [0.4, 0.5) is 5.69 Å². The van der Waals surface area contributed by atoms with E-state index in [1.165, 1.54) is 11.0 Å². The molecular weight excluding hydrogens is 333 g/mol. The van der Waals surface area contributed by atoms with Crippen molar-refractivity contribution in [1.29, 1.82) is 0 Å². The number of aromatic nitrogens is 4. The third-order valence-electron chi connectivity index (χ3n) is 2.16. The molecule has 0 saturated heterocycles. The van der Waals surface area contributed by atoms with Crippen molar-refractivity contribution in [3.63, 3.8) is 0 Å². The summed E-state index contributed by atoms with van der Waals surface area (Å²) in [7, 11) is 0. The maximum atomic E-state index is 11.7. The van der Waals surface area contributed by atoms with Gasteiger partial charge in [-0.3, -0.25) is 4.79 Å². The second-order valence-corrected chi connectivity index (χ2v) is 4.76. The molecule has 6 nitrogen and oxygen atoms in total. The highest BCUT2D eigenvalue weighted by Crippen LogP contribution is 2.17. The first-order valence-electron chi connectivity index (χ1n) is 4.92. The molecule has 0 fully saturated rings. The molecule has 88 valence electrons. The van der Waals surface area contributed by atoms with Gasteiger partial charge in [0.05, 0.1) is 0 Å². The summed E-state index contributed by atoms with van der Waals surface area (Å²) < 4.78 is 2.51. The van der Waals surface area contributed by atoms with E-state index in [9.17, 15) is 4.79 Å². The lowest BCUT2D eigenvalue weighted by Gasteiger charge is -2.08. The van der Waals surface area contributed by atoms with E-state index < -0.39 is 0 Å². The zero-order valence-electron chi connectivity index (χ0n) is 9.09. The summed E-state index contributed by atoms with van der Waals surface area (Å²) in [5, 5.41) is 13.4. The van der Waals surface area contributed by atoms with Crippen LogP contribution >= 0.6 is 22.6 Å². The fraction of sp³-hybridized carbons (Fsp3) is 0.200. The van der Waals surface area contributed by atoms with E-state index in [2.05, 4.69) is 43.4 Å². The smallest absolute Gasteiger partial charge is 0.246 e. The topological polar surface area (TPSA) is 72.7 Å². The third kappa shape index (κ3) is 3.22. The van der Waals surface area contributed by atoms with Crippen LogP contribution in [0.3, 0.4) is 0 Å². The zero-order chi connectivity index (χ0) is 12.3. The average molecular weight is 343 g/mol. The molecule has 7 heteroatoms. The fourth-order valence-corrected chi connectivity index (χ4v) is 2.00. The molecule has 0 aliphatic rings. The molecule has 0 aliphatic carbocycles. The monoisotopic (exact) mass is 343 g/mol. The lowest BCUT2D eigenvalue weighted by molar-refractivity contribution is -0.116. The van der Waals surface area contributed by atoms with Crippen molar-refractivity contribution in [1.82, 2.24) is 20.2 Å². The Morgan fingerprint density at radius 2 is 2.35 bits per heavy atom. The van der Waals surface area contributed by atoms with Gasteiger partial charge in [0, 0.05) is 9.26 Å². The second kappa shape index (κ2) is 5.21. The highest BCUT2D eigenvalue weighted by molar-refractivity contribution is 14.1. The van der Waals surface area contributed by atoms with Crippen molar-refractivity contribution >= 4 is 34.2 Å². The fourth-order valence-electron chi connectivity index (χ4n) is 1.36. The third-order valence-corrected chi connectivity index (χ3v) is 2.83. The number of carbonyl (C=O) groups excluding carboxylic acids is 1. The number of tetrazole rings is 1. The SMILES string of the molecule is Cc1cc(I)ccc1NC(=O)Cn1cnnn1. The molecule has 17 heavy (non-hydrogen) atoms. The molecule has 1 aromatic heterocycles. The molecule has 0 spiro atoms. The van der Waals surface area contributed by atoms with Gasteiger partial charge in [-0.2, -0.15) is 0 Å². The van der Waals surface area contributed by atoms with Crippen LogP contribution in [0, 0.1) is 10.5 Å². The van der Waals surface area contributed by atoms with Crippen molar-refractivity contribution in [2.75, 3.05) is 5.32 Å². The predicted molar refractivity (Wildman–Crippen MR) is 70.3 cm³/mol. The van der Waals surface area contributed by atoms with Crippen molar-refractivity contribution in [2.24, 2.45) is 0 Å². The standard InChI is InChI=1S/C10H10IN5O/c1-7-4-8(11)2-3-9(7)13-10(17)5-16-6-12-14-15-16/h2-4,6H,5H2,1H3,(H,13,17). The summed E-state index contributed by atoms with van der Waals surface area (Å²) in [6, 6.07) is 5.84. The number of carbonyl (C=O) groups is 1. The van der Waals surface area contributed by atoms with Crippen molar-refractivity contribution in [3.05, 3.63) is 33.7 Å². The first kappa shape index (κ1) is 12.0. The van der Waals surface area contributed by atoms with Crippen molar-refractivity contribution in [3.8, 4) is 0 Å². The Bertz CT molecular complexity index is 525. The summed E-state index contributed by atoms with van der Waals surface area (Å²) in [5.41, 5.74) is 1.84. The molecule has 1 N–H and O–H groups in total. The Kier molecular flexibility index (Phi) is 3.67. The molecule has 0 atom stereocenters. The van der Waals surface area contributed by atoms with Gasteiger partial charge in [-0.05, 0) is 63.7 Å². The van der Waals surface area contributed by atoms with Gasteiger partial charge in [-0.25, -0.2) is 4.68 Å². The molecule has 2 rings (SSSR count). The predicted octanol–water partition coefficient (Wildman–Crippen LogP) is 1.22. The molecule has 1 heterocycles. The van der Waals surface area contributed by atoms with Crippen molar-refractivity contribution in [2.45, 2.75) is 13.5 Å². The van der Waals surface area contributed by atoms with Gasteiger partial charge in [0.2, 0.25) is 5.91 Å². The molecule has 0 unspecified atom stereocenters. The van der Waals surface area contributed by atoms with E-state index in [1.807, 2.05) is 25.1 Å². The summed E-state index contributed by atoms with van der Waals surface area (Å²) in [6.45, 7) is 2.06. The molecular formula is C10H10IN5O. The largest absolute Gasteiger partial charge is 0.324 e. The first-order valence-corrected chi connectivity index (χ1v) is 6.00. The number of anilines is 1. The van der Waals surface area contributed by atoms with Gasteiger partial charge in [-0.15, -0.1) is 5.10 Å². The van der Waals surface area contributed by atoms with Gasteiger partial charge >= 0.3 is 0 Å². The van der Waals surface area contributed by atoms with E-state index in [0.717, 1.165) is 14.8 Å². The van der Waals surface area contributed by atoms with Crippen LogP contribution in [-0.2, 0) is 11.3 Å². The summed E-state index contributed by atoms with van der Waals surface area (Å²) in [4.78, 5) is 11.7. The average Bonchev–Trinajstić information content (AvgIpc) is 2.75. The van der Waals surface area contributed by atoms with E-state index in [4.69, 9.17) is 0 Å². The minimum atomic E-state index is -0.151. The number of nitrogens with one attached hydrogen (secondary N) is 1. The maximum Gasteiger partial charge on any atom is 0.246 e. The Morgan fingerprint density at radius 3 is 3.00 bits per heavy atom. The normalized spacial score (nSPS) is 10.2. The summed E-state index contributed by atoms with van der Waals surface area (Å²) in [5.74, 6) is -0.151. The number of benzene rings is 1. The van der Waals surface area contributed by atoms with Gasteiger partial charge in [0.25, 0.3) is 0 Å². The highest BCUT2D eigenvalue weighted by atomic mass is 127. The van der Waals surface area contributed by atoms with Crippen LogP contribution in [0.25, 0.3) is 0 Å².